The van der Waals surface area contributed by atoms with Gasteiger partial charge in [0.2, 0.25) is 0 Å². The minimum absolute atomic E-state index is 0.300. The highest BCUT2D eigenvalue weighted by molar-refractivity contribution is 5.36. The zero-order valence-electron chi connectivity index (χ0n) is 11.3. The van der Waals surface area contributed by atoms with Crippen molar-refractivity contribution in [3.05, 3.63) is 29.8 Å². The van der Waals surface area contributed by atoms with E-state index in [0.29, 0.717) is 12.1 Å². The van der Waals surface area contributed by atoms with Crippen molar-refractivity contribution in [1.82, 2.24) is 5.32 Å². The molecule has 1 saturated heterocycles. The topological polar surface area (TPSA) is 30.5 Å². The normalized spacial score (nSPS) is 18.6. The standard InChI is InChI=1S/C15H23NO2/c1-3-14(16-2)13-6-4-5-7-15(13)18-12-8-10-17-11-9-12/h4-7,12,14,16H,3,8-11H2,1-2H3. The van der Waals surface area contributed by atoms with Crippen molar-refractivity contribution in [3.63, 3.8) is 0 Å². The van der Waals surface area contributed by atoms with Gasteiger partial charge < -0.3 is 14.8 Å². The van der Waals surface area contributed by atoms with Gasteiger partial charge in [-0.25, -0.2) is 0 Å². The number of benzene rings is 1. The van der Waals surface area contributed by atoms with E-state index < -0.39 is 0 Å². The van der Waals surface area contributed by atoms with Crippen LogP contribution in [0.1, 0.15) is 37.8 Å². The van der Waals surface area contributed by atoms with Crippen LogP contribution in [-0.2, 0) is 4.74 Å². The minimum Gasteiger partial charge on any atom is -0.490 e. The number of para-hydroxylation sites is 1. The monoisotopic (exact) mass is 249 g/mol. The van der Waals surface area contributed by atoms with Crippen LogP contribution < -0.4 is 10.1 Å². The van der Waals surface area contributed by atoms with Gasteiger partial charge in [0.15, 0.2) is 0 Å². The summed E-state index contributed by atoms with van der Waals surface area (Å²) in [6, 6.07) is 8.71. The zero-order valence-corrected chi connectivity index (χ0v) is 11.3. The van der Waals surface area contributed by atoms with E-state index in [0.717, 1.165) is 38.2 Å². The number of ether oxygens (including phenoxy) is 2. The second-order valence-electron chi connectivity index (χ2n) is 4.72. The second-order valence-corrected chi connectivity index (χ2v) is 4.72. The number of rotatable bonds is 5. The molecule has 2 rings (SSSR count). The smallest absolute Gasteiger partial charge is 0.124 e. The molecule has 1 unspecified atom stereocenters. The number of hydrogen-bond donors (Lipinski definition) is 1. The molecule has 1 fully saturated rings. The lowest BCUT2D eigenvalue weighted by Gasteiger charge is -2.26. The van der Waals surface area contributed by atoms with Crippen molar-refractivity contribution >= 4 is 0 Å². The Hall–Kier alpha value is -1.06. The molecule has 1 heterocycles. The highest BCUT2D eigenvalue weighted by Crippen LogP contribution is 2.29. The largest absolute Gasteiger partial charge is 0.490 e. The predicted molar refractivity (Wildman–Crippen MR) is 73.0 cm³/mol. The molecule has 1 aliphatic rings. The van der Waals surface area contributed by atoms with Crippen molar-refractivity contribution in [2.24, 2.45) is 0 Å². The summed E-state index contributed by atoms with van der Waals surface area (Å²) >= 11 is 0. The molecular weight excluding hydrogens is 226 g/mol. The molecule has 0 saturated carbocycles. The van der Waals surface area contributed by atoms with Gasteiger partial charge in [0.1, 0.15) is 11.9 Å². The third kappa shape index (κ3) is 3.24. The molecule has 0 aliphatic carbocycles. The molecule has 3 nitrogen and oxygen atoms in total. The van der Waals surface area contributed by atoms with Crippen LogP contribution in [0.5, 0.6) is 5.75 Å². The molecule has 1 atom stereocenters. The Bertz CT molecular complexity index is 357. The Kier molecular flexibility index (Phi) is 5.02. The quantitative estimate of drug-likeness (QED) is 0.870. The van der Waals surface area contributed by atoms with Gasteiger partial charge in [-0.15, -0.1) is 0 Å². The van der Waals surface area contributed by atoms with Crippen LogP contribution in [0.3, 0.4) is 0 Å². The first-order valence-electron chi connectivity index (χ1n) is 6.85. The summed E-state index contributed by atoms with van der Waals surface area (Å²) in [5.41, 5.74) is 1.26. The minimum atomic E-state index is 0.300. The van der Waals surface area contributed by atoms with Gasteiger partial charge in [-0.2, -0.15) is 0 Å². The summed E-state index contributed by atoms with van der Waals surface area (Å²) in [6.45, 7) is 3.82. The summed E-state index contributed by atoms with van der Waals surface area (Å²) in [7, 11) is 2.00. The lowest BCUT2D eigenvalue weighted by atomic mass is 10.0. The Labute approximate surface area is 109 Å². The summed E-state index contributed by atoms with van der Waals surface area (Å²) in [5, 5.41) is 3.34. The Balaban J connectivity index is 2.10. The second kappa shape index (κ2) is 6.76. The molecular formula is C15H23NO2. The van der Waals surface area contributed by atoms with Crippen LogP contribution in [0.4, 0.5) is 0 Å². The Morgan fingerprint density at radius 3 is 2.72 bits per heavy atom. The zero-order chi connectivity index (χ0) is 12.8. The lowest BCUT2D eigenvalue weighted by Crippen LogP contribution is -2.27. The molecule has 3 heteroatoms. The molecule has 1 N–H and O–H groups in total. The SMILES string of the molecule is CCC(NC)c1ccccc1OC1CCOCC1. The summed E-state index contributed by atoms with van der Waals surface area (Å²) in [5.74, 6) is 1.02. The van der Waals surface area contributed by atoms with E-state index >= 15 is 0 Å². The van der Waals surface area contributed by atoms with E-state index in [2.05, 4.69) is 30.4 Å². The fourth-order valence-corrected chi connectivity index (χ4v) is 2.43. The van der Waals surface area contributed by atoms with Crippen LogP contribution >= 0.6 is 0 Å². The fraction of sp³-hybridized carbons (Fsp3) is 0.600. The van der Waals surface area contributed by atoms with Crippen LogP contribution in [-0.4, -0.2) is 26.4 Å². The highest BCUT2D eigenvalue weighted by atomic mass is 16.5. The predicted octanol–water partition coefficient (Wildman–Crippen LogP) is 2.91. The number of hydrogen-bond acceptors (Lipinski definition) is 3. The van der Waals surface area contributed by atoms with E-state index in [-0.39, 0.29) is 0 Å². The van der Waals surface area contributed by atoms with Crippen LogP contribution in [0.2, 0.25) is 0 Å². The fourth-order valence-electron chi connectivity index (χ4n) is 2.43. The first-order valence-corrected chi connectivity index (χ1v) is 6.85. The molecule has 0 spiro atoms. The maximum atomic E-state index is 6.15. The van der Waals surface area contributed by atoms with E-state index in [1.165, 1.54) is 5.56 Å². The molecule has 0 radical (unpaired) electrons. The van der Waals surface area contributed by atoms with Crippen molar-refractivity contribution in [2.75, 3.05) is 20.3 Å². The van der Waals surface area contributed by atoms with E-state index in [1.807, 2.05) is 13.1 Å². The van der Waals surface area contributed by atoms with Crippen LogP contribution in [0.15, 0.2) is 24.3 Å². The lowest BCUT2D eigenvalue weighted by molar-refractivity contribution is 0.0250. The molecule has 100 valence electrons. The average Bonchev–Trinajstić information content (AvgIpc) is 2.43. The molecule has 1 aromatic carbocycles. The van der Waals surface area contributed by atoms with Crippen molar-refractivity contribution in [1.29, 1.82) is 0 Å². The third-order valence-electron chi connectivity index (χ3n) is 3.51. The van der Waals surface area contributed by atoms with E-state index in [4.69, 9.17) is 9.47 Å². The average molecular weight is 249 g/mol. The first-order chi connectivity index (χ1) is 8.85. The van der Waals surface area contributed by atoms with Crippen molar-refractivity contribution in [2.45, 2.75) is 38.3 Å². The molecule has 0 amide bonds. The summed E-state index contributed by atoms with van der Waals surface area (Å²) < 4.78 is 11.5. The third-order valence-corrected chi connectivity index (χ3v) is 3.51. The molecule has 0 bridgehead atoms. The molecule has 18 heavy (non-hydrogen) atoms. The maximum Gasteiger partial charge on any atom is 0.124 e. The molecule has 1 aromatic rings. The Morgan fingerprint density at radius 1 is 1.33 bits per heavy atom. The van der Waals surface area contributed by atoms with E-state index in [1.54, 1.807) is 0 Å². The van der Waals surface area contributed by atoms with Crippen LogP contribution in [0.25, 0.3) is 0 Å². The number of nitrogens with one attached hydrogen (secondary N) is 1. The van der Waals surface area contributed by atoms with Gasteiger partial charge in [-0.1, -0.05) is 25.1 Å². The van der Waals surface area contributed by atoms with Gasteiger partial charge in [0, 0.05) is 24.4 Å². The van der Waals surface area contributed by atoms with Gasteiger partial charge in [-0.3, -0.25) is 0 Å². The van der Waals surface area contributed by atoms with Crippen molar-refractivity contribution < 1.29 is 9.47 Å². The first kappa shape index (κ1) is 13.4. The highest BCUT2D eigenvalue weighted by Gasteiger charge is 2.18. The van der Waals surface area contributed by atoms with Gasteiger partial charge in [0.05, 0.1) is 13.2 Å². The van der Waals surface area contributed by atoms with Crippen molar-refractivity contribution in [3.8, 4) is 5.75 Å². The molecule has 0 aromatic heterocycles. The molecule has 1 aliphatic heterocycles. The van der Waals surface area contributed by atoms with Gasteiger partial charge in [-0.05, 0) is 19.5 Å². The van der Waals surface area contributed by atoms with E-state index in [9.17, 15) is 0 Å². The summed E-state index contributed by atoms with van der Waals surface area (Å²) in [6.07, 6.45) is 3.34. The Morgan fingerprint density at radius 2 is 2.06 bits per heavy atom. The maximum absolute atomic E-state index is 6.15. The van der Waals surface area contributed by atoms with Gasteiger partial charge in [0.25, 0.3) is 0 Å². The van der Waals surface area contributed by atoms with Gasteiger partial charge >= 0.3 is 0 Å². The summed E-state index contributed by atoms with van der Waals surface area (Å²) in [4.78, 5) is 0. The van der Waals surface area contributed by atoms with Crippen LogP contribution in [0, 0.1) is 0 Å².